The van der Waals surface area contributed by atoms with Gasteiger partial charge in [-0.15, -0.1) is 0 Å². The second kappa shape index (κ2) is 3.12. The summed E-state index contributed by atoms with van der Waals surface area (Å²) in [6.45, 7) is 5.33. The van der Waals surface area contributed by atoms with Gasteiger partial charge in [0.2, 0.25) is 0 Å². The molecule has 0 saturated heterocycles. The summed E-state index contributed by atoms with van der Waals surface area (Å²) in [5, 5.41) is 0. The quantitative estimate of drug-likeness (QED) is 0.691. The van der Waals surface area contributed by atoms with Crippen LogP contribution in [0.4, 0.5) is 0 Å². The Morgan fingerprint density at radius 3 is 2.00 bits per heavy atom. The van der Waals surface area contributed by atoms with Gasteiger partial charge in [-0.1, -0.05) is 10.6 Å². The van der Waals surface area contributed by atoms with Gasteiger partial charge >= 0.3 is 10.1 Å². The first kappa shape index (κ1) is 10.2. The molecular weight excluding hydrogens is 188 g/mol. The van der Waals surface area contributed by atoms with Crippen molar-refractivity contribution in [3.05, 3.63) is 28.8 Å². The number of hydrogen-bond acceptors (Lipinski definition) is 2. The number of aryl methyl sites for hydroxylation is 1. The van der Waals surface area contributed by atoms with Crippen LogP contribution >= 0.6 is 0 Å². The van der Waals surface area contributed by atoms with Crippen LogP contribution in [0.1, 0.15) is 16.7 Å². The molecule has 0 heterocycles. The van der Waals surface area contributed by atoms with E-state index in [1.165, 1.54) is 6.07 Å². The van der Waals surface area contributed by atoms with Crippen molar-refractivity contribution in [1.29, 1.82) is 0 Å². The Balaban J connectivity index is 3.53. The molecule has 1 radical (unpaired) electrons. The topological polar surface area (TPSA) is 54.0 Å². The molecule has 0 N–H and O–H groups in total. The molecule has 0 saturated carbocycles. The lowest BCUT2D eigenvalue weighted by atomic mass is 10.1. The van der Waals surface area contributed by atoms with Gasteiger partial charge in [-0.2, -0.15) is 8.42 Å². The van der Waals surface area contributed by atoms with E-state index in [0.717, 1.165) is 11.1 Å². The molecule has 0 bridgehead atoms. The van der Waals surface area contributed by atoms with E-state index in [-0.39, 0.29) is 4.90 Å². The predicted octanol–water partition coefficient (Wildman–Crippen LogP) is 1.73. The second-order valence-corrected chi connectivity index (χ2v) is 4.43. The summed E-state index contributed by atoms with van der Waals surface area (Å²) >= 11 is 0. The smallest absolute Gasteiger partial charge is 0.192 e. The van der Waals surface area contributed by atoms with Crippen LogP contribution in [0.2, 0.25) is 0 Å². The van der Waals surface area contributed by atoms with Crippen molar-refractivity contribution in [2.45, 2.75) is 25.7 Å². The van der Waals surface area contributed by atoms with Crippen LogP contribution < -0.4 is 0 Å². The lowest BCUT2D eigenvalue weighted by molar-refractivity contribution is 0.414. The molecule has 0 aliphatic carbocycles. The zero-order valence-electron chi connectivity index (χ0n) is 7.79. The molecule has 0 aliphatic heterocycles. The molecule has 0 aromatic heterocycles. The van der Waals surface area contributed by atoms with E-state index in [1.807, 2.05) is 6.92 Å². The zero-order chi connectivity index (χ0) is 10.2. The van der Waals surface area contributed by atoms with Crippen molar-refractivity contribution >= 4 is 10.1 Å². The Bertz CT molecular complexity index is 432. The van der Waals surface area contributed by atoms with Gasteiger partial charge in [0.25, 0.3) is 0 Å². The monoisotopic (exact) mass is 199 g/mol. The van der Waals surface area contributed by atoms with E-state index in [2.05, 4.69) is 0 Å². The molecule has 13 heavy (non-hydrogen) atoms. The van der Waals surface area contributed by atoms with Gasteiger partial charge in [-0.05, 0) is 43.5 Å². The maximum absolute atomic E-state index is 10.8. The highest BCUT2D eigenvalue weighted by atomic mass is 32.2. The molecule has 0 amide bonds. The van der Waals surface area contributed by atoms with Gasteiger partial charge in [0.15, 0.2) is 0 Å². The molecule has 1 aromatic carbocycles. The molecule has 1 rings (SSSR count). The van der Waals surface area contributed by atoms with Crippen LogP contribution in [0.3, 0.4) is 0 Å². The first-order valence-corrected chi connectivity index (χ1v) is 5.27. The molecule has 0 atom stereocenters. The van der Waals surface area contributed by atoms with Crippen molar-refractivity contribution in [3.8, 4) is 0 Å². The van der Waals surface area contributed by atoms with Crippen LogP contribution in [0.25, 0.3) is 0 Å². The Morgan fingerprint density at radius 2 is 1.54 bits per heavy atom. The summed E-state index contributed by atoms with van der Waals surface area (Å²) in [6.07, 6.45) is 0. The van der Waals surface area contributed by atoms with Crippen LogP contribution in [-0.4, -0.2) is 8.42 Å². The van der Waals surface area contributed by atoms with E-state index >= 15 is 0 Å². The second-order valence-electron chi connectivity index (χ2n) is 3.08. The van der Waals surface area contributed by atoms with E-state index in [9.17, 15) is 13.0 Å². The minimum atomic E-state index is -4.32. The molecule has 3 nitrogen and oxygen atoms in total. The fourth-order valence-corrected chi connectivity index (χ4v) is 1.96. The molecule has 0 fully saturated rings. The fourth-order valence-electron chi connectivity index (χ4n) is 1.20. The molecular formula is C9H11O3S. The maximum Gasteiger partial charge on any atom is 0.324 e. The van der Waals surface area contributed by atoms with Crippen LogP contribution in [0, 0.1) is 20.8 Å². The van der Waals surface area contributed by atoms with E-state index in [0.29, 0.717) is 5.56 Å². The third-order valence-corrected chi connectivity index (χ3v) is 3.26. The van der Waals surface area contributed by atoms with Crippen molar-refractivity contribution in [2.75, 3.05) is 0 Å². The number of rotatable bonds is 1. The van der Waals surface area contributed by atoms with Crippen LogP contribution in [0.15, 0.2) is 17.0 Å². The highest BCUT2D eigenvalue weighted by Crippen LogP contribution is 2.20. The third kappa shape index (κ3) is 1.89. The van der Waals surface area contributed by atoms with Gasteiger partial charge in [-0.3, -0.25) is 0 Å². The summed E-state index contributed by atoms with van der Waals surface area (Å²) in [4.78, 5) is -0.115. The lowest BCUT2D eigenvalue weighted by Gasteiger charge is -2.07. The molecule has 1 aromatic rings. The molecule has 0 unspecified atom stereocenters. The highest BCUT2D eigenvalue weighted by Gasteiger charge is 2.16. The highest BCUT2D eigenvalue weighted by molar-refractivity contribution is 7.85. The number of benzene rings is 1. The van der Waals surface area contributed by atoms with Gasteiger partial charge in [-0.25, -0.2) is 0 Å². The van der Waals surface area contributed by atoms with E-state index in [1.54, 1.807) is 19.9 Å². The van der Waals surface area contributed by atoms with Crippen molar-refractivity contribution in [2.24, 2.45) is 0 Å². The normalized spacial score (nSPS) is 11.7. The molecule has 0 aliphatic rings. The van der Waals surface area contributed by atoms with Crippen molar-refractivity contribution in [3.63, 3.8) is 0 Å². The van der Waals surface area contributed by atoms with Gasteiger partial charge in [0.05, 0.1) is 4.90 Å². The summed E-state index contributed by atoms with van der Waals surface area (Å²) in [7, 11) is -4.32. The first-order chi connectivity index (χ1) is 5.84. The summed E-state index contributed by atoms with van der Waals surface area (Å²) in [5.74, 6) is 0. The standard InChI is InChI=1S/C9H11O3S/c1-6-4-5-9(13(10,11)12)8(3)7(6)2/h4-5H,1-3H3. The molecule has 71 valence electrons. The van der Waals surface area contributed by atoms with Crippen LogP contribution in [0.5, 0.6) is 0 Å². The van der Waals surface area contributed by atoms with Crippen molar-refractivity contribution < 1.29 is 13.0 Å². The zero-order valence-corrected chi connectivity index (χ0v) is 8.60. The predicted molar refractivity (Wildman–Crippen MR) is 48.5 cm³/mol. The Kier molecular flexibility index (Phi) is 2.45. The van der Waals surface area contributed by atoms with E-state index < -0.39 is 10.1 Å². The summed E-state index contributed by atoms with van der Waals surface area (Å²) in [6, 6.07) is 3.01. The average Bonchev–Trinajstić information content (AvgIpc) is 1.98. The molecule has 0 spiro atoms. The first-order valence-electron chi connectivity index (χ1n) is 3.86. The Morgan fingerprint density at radius 1 is 1.00 bits per heavy atom. The number of hydrogen-bond donors (Lipinski definition) is 0. The van der Waals surface area contributed by atoms with Gasteiger partial charge in [0.1, 0.15) is 0 Å². The average molecular weight is 199 g/mol. The maximum atomic E-state index is 10.8. The van der Waals surface area contributed by atoms with Gasteiger partial charge in [0, 0.05) is 0 Å². The van der Waals surface area contributed by atoms with Crippen molar-refractivity contribution in [1.82, 2.24) is 0 Å². The fraction of sp³-hybridized carbons (Fsp3) is 0.333. The Hall–Kier alpha value is -0.870. The van der Waals surface area contributed by atoms with Crippen LogP contribution in [-0.2, 0) is 14.7 Å². The largest absolute Gasteiger partial charge is 0.324 e. The Labute approximate surface area is 78.2 Å². The molecule has 4 heteroatoms. The lowest BCUT2D eigenvalue weighted by Crippen LogP contribution is -2.01. The minimum absolute atomic E-state index is 0.115. The summed E-state index contributed by atoms with van der Waals surface area (Å²) in [5.41, 5.74) is 2.40. The van der Waals surface area contributed by atoms with E-state index in [4.69, 9.17) is 0 Å². The third-order valence-electron chi connectivity index (χ3n) is 2.28. The minimum Gasteiger partial charge on any atom is -0.192 e. The summed E-state index contributed by atoms with van der Waals surface area (Å²) < 4.78 is 32.3. The SMILES string of the molecule is Cc1ccc(S([O])(=O)=O)c(C)c1C. The van der Waals surface area contributed by atoms with Gasteiger partial charge < -0.3 is 0 Å².